The first-order valence-corrected chi connectivity index (χ1v) is 7.35. The van der Waals surface area contributed by atoms with Crippen LogP contribution in [0.1, 0.15) is 16.7 Å². The van der Waals surface area contributed by atoms with Crippen LogP contribution < -0.4 is 14.9 Å². The van der Waals surface area contributed by atoms with E-state index in [1.165, 1.54) is 25.5 Å². The molecule has 0 spiro atoms. The van der Waals surface area contributed by atoms with Crippen LogP contribution in [0.2, 0.25) is 0 Å². The Labute approximate surface area is 140 Å². The van der Waals surface area contributed by atoms with Crippen LogP contribution in [-0.2, 0) is 4.79 Å². The van der Waals surface area contributed by atoms with Gasteiger partial charge < -0.3 is 9.47 Å². The van der Waals surface area contributed by atoms with Crippen molar-refractivity contribution in [2.24, 2.45) is 5.10 Å². The number of ether oxygens (including phenoxy) is 2. The van der Waals surface area contributed by atoms with Crippen LogP contribution in [0.3, 0.4) is 0 Å². The Morgan fingerprint density at radius 3 is 2.67 bits per heavy atom. The van der Waals surface area contributed by atoms with Gasteiger partial charge in [0.25, 0.3) is 5.91 Å². The highest BCUT2D eigenvalue weighted by molar-refractivity contribution is 5.83. The van der Waals surface area contributed by atoms with Gasteiger partial charge in [-0.1, -0.05) is 6.07 Å². The number of nitrogens with zero attached hydrogens (tertiary/aromatic N) is 1. The highest BCUT2D eigenvalue weighted by Crippen LogP contribution is 2.17. The molecule has 5 nitrogen and oxygen atoms in total. The van der Waals surface area contributed by atoms with Crippen LogP contribution in [0.5, 0.6) is 11.5 Å². The molecule has 2 rings (SSSR count). The third-order valence-corrected chi connectivity index (χ3v) is 3.43. The molecule has 0 bridgehead atoms. The van der Waals surface area contributed by atoms with E-state index in [2.05, 4.69) is 10.5 Å². The smallest absolute Gasteiger partial charge is 0.277 e. The summed E-state index contributed by atoms with van der Waals surface area (Å²) in [7, 11) is 1.39. The van der Waals surface area contributed by atoms with Gasteiger partial charge in [0.05, 0.1) is 13.3 Å². The quantitative estimate of drug-likeness (QED) is 0.654. The van der Waals surface area contributed by atoms with Gasteiger partial charge in [0, 0.05) is 0 Å². The van der Waals surface area contributed by atoms with Crippen molar-refractivity contribution in [3.63, 3.8) is 0 Å². The minimum atomic E-state index is -0.495. The lowest BCUT2D eigenvalue weighted by Crippen LogP contribution is -2.24. The van der Waals surface area contributed by atoms with Crippen LogP contribution in [-0.4, -0.2) is 25.8 Å². The van der Waals surface area contributed by atoms with E-state index >= 15 is 0 Å². The third-order valence-electron chi connectivity index (χ3n) is 3.43. The molecular formula is C18H19FN2O3. The summed E-state index contributed by atoms with van der Waals surface area (Å²) in [4.78, 5) is 11.7. The standard InChI is InChI=1S/C18H19FN2O3/c1-12-4-6-15(8-13(12)2)24-11-18(22)21-20-10-14-5-7-17(23-3)16(19)9-14/h4-10H,11H2,1-3H3,(H,21,22)/b20-10-. The number of hydrogen-bond acceptors (Lipinski definition) is 4. The summed E-state index contributed by atoms with van der Waals surface area (Å²) in [6.07, 6.45) is 1.34. The van der Waals surface area contributed by atoms with Crippen molar-refractivity contribution >= 4 is 12.1 Å². The molecule has 2 aromatic carbocycles. The first kappa shape index (κ1) is 17.5. The zero-order chi connectivity index (χ0) is 17.5. The molecule has 0 aliphatic rings. The molecule has 1 N–H and O–H groups in total. The zero-order valence-electron chi connectivity index (χ0n) is 13.8. The molecule has 0 aliphatic heterocycles. The van der Waals surface area contributed by atoms with Crippen LogP contribution in [0.4, 0.5) is 4.39 Å². The van der Waals surface area contributed by atoms with Gasteiger partial charge in [-0.25, -0.2) is 9.82 Å². The lowest BCUT2D eigenvalue weighted by atomic mass is 10.1. The van der Waals surface area contributed by atoms with Gasteiger partial charge in [-0.2, -0.15) is 5.10 Å². The van der Waals surface area contributed by atoms with Gasteiger partial charge >= 0.3 is 0 Å². The number of carbonyl (C=O) groups excluding carboxylic acids is 1. The number of halogens is 1. The molecule has 0 saturated heterocycles. The van der Waals surface area contributed by atoms with Gasteiger partial charge in [-0.05, 0) is 60.9 Å². The van der Waals surface area contributed by atoms with Crippen molar-refractivity contribution in [2.75, 3.05) is 13.7 Å². The average molecular weight is 330 g/mol. The second-order valence-electron chi connectivity index (χ2n) is 5.22. The monoisotopic (exact) mass is 330 g/mol. The van der Waals surface area contributed by atoms with E-state index in [0.717, 1.165) is 11.1 Å². The van der Waals surface area contributed by atoms with Crippen molar-refractivity contribution < 1.29 is 18.7 Å². The van der Waals surface area contributed by atoms with E-state index in [4.69, 9.17) is 9.47 Å². The van der Waals surface area contributed by atoms with Crippen LogP contribution in [0.15, 0.2) is 41.5 Å². The van der Waals surface area contributed by atoms with E-state index in [0.29, 0.717) is 11.3 Å². The summed E-state index contributed by atoms with van der Waals surface area (Å²) >= 11 is 0. The van der Waals surface area contributed by atoms with E-state index < -0.39 is 11.7 Å². The highest BCUT2D eigenvalue weighted by atomic mass is 19.1. The molecule has 0 heterocycles. The Balaban J connectivity index is 1.84. The van der Waals surface area contributed by atoms with Gasteiger partial charge in [0.1, 0.15) is 5.75 Å². The Bertz CT molecular complexity index is 760. The largest absolute Gasteiger partial charge is 0.494 e. The minimum Gasteiger partial charge on any atom is -0.494 e. The predicted octanol–water partition coefficient (Wildman–Crippen LogP) is 2.98. The van der Waals surface area contributed by atoms with Crippen molar-refractivity contribution in [3.05, 3.63) is 58.9 Å². The van der Waals surface area contributed by atoms with E-state index in [1.54, 1.807) is 12.1 Å². The normalized spacial score (nSPS) is 10.7. The molecule has 0 radical (unpaired) electrons. The summed E-state index contributed by atoms with van der Waals surface area (Å²) in [5.41, 5.74) is 5.08. The maximum Gasteiger partial charge on any atom is 0.277 e. The molecule has 2 aromatic rings. The fourth-order valence-electron chi connectivity index (χ4n) is 1.93. The molecular weight excluding hydrogens is 311 g/mol. The van der Waals surface area contributed by atoms with Gasteiger partial charge in [0.2, 0.25) is 0 Å². The topological polar surface area (TPSA) is 59.9 Å². The maximum absolute atomic E-state index is 13.5. The molecule has 0 unspecified atom stereocenters. The number of hydrazone groups is 1. The number of benzene rings is 2. The molecule has 0 saturated carbocycles. The summed E-state index contributed by atoms with van der Waals surface area (Å²) in [6, 6.07) is 9.98. The Morgan fingerprint density at radius 2 is 2.00 bits per heavy atom. The number of hydrogen-bond donors (Lipinski definition) is 1. The lowest BCUT2D eigenvalue weighted by molar-refractivity contribution is -0.123. The fourth-order valence-corrected chi connectivity index (χ4v) is 1.93. The van der Waals surface area contributed by atoms with Gasteiger partial charge in [0.15, 0.2) is 18.2 Å². The predicted molar refractivity (Wildman–Crippen MR) is 90.1 cm³/mol. The fraction of sp³-hybridized carbons (Fsp3) is 0.222. The zero-order valence-corrected chi connectivity index (χ0v) is 13.8. The van der Waals surface area contributed by atoms with Crippen LogP contribution in [0, 0.1) is 19.7 Å². The number of amides is 1. The second-order valence-corrected chi connectivity index (χ2v) is 5.22. The molecule has 24 heavy (non-hydrogen) atoms. The molecule has 6 heteroatoms. The van der Waals surface area contributed by atoms with E-state index in [9.17, 15) is 9.18 Å². The molecule has 1 amide bonds. The van der Waals surface area contributed by atoms with E-state index in [1.807, 2.05) is 26.0 Å². The van der Waals surface area contributed by atoms with Crippen molar-refractivity contribution in [1.82, 2.24) is 5.43 Å². The van der Waals surface area contributed by atoms with Gasteiger partial charge in [-0.3, -0.25) is 4.79 Å². The maximum atomic E-state index is 13.5. The number of rotatable bonds is 6. The van der Waals surface area contributed by atoms with Gasteiger partial charge in [-0.15, -0.1) is 0 Å². The Kier molecular flexibility index (Phi) is 5.89. The summed E-state index contributed by atoms with van der Waals surface area (Å²) in [5.74, 6) is -0.128. The van der Waals surface area contributed by atoms with Crippen LogP contribution in [0.25, 0.3) is 0 Å². The number of nitrogens with one attached hydrogen (secondary N) is 1. The summed E-state index contributed by atoms with van der Waals surface area (Å²) in [5, 5.41) is 3.77. The SMILES string of the molecule is COc1ccc(/C=N\NC(=O)COc2ccc(C)c(C)c2)cc1F. The van der Waals surface area contributed by atoms with Crippen molar-refractivity contribution in [3.8, 4) is 11.5 Å². The number of methoxy groups -OCH3 is 1. The number of aryl methyl sites for hydroxylation is 2. The van der Waals surface area contributed by atoms with Crippen molar-refractivity contribution in [2.45, 2.75) is 13.8 Å². The first-order valence-electron chi connectivity index (χ1n) is 7.35. The molecule has 0 fully saturated rings. The minimum absolute atomic E-state index is 0.151. The lowest BCUT2D eigenvalue weighted by Gasteiger charge is -2.07. The summed E-state index contributed by atoms with van der Waals surface area (Å²) < 4.78 is 23.7. The average Bonchev–Trinajstić information content (AvgIpc) is 2.56. The Hall–Kier alpha value is -2.89. The molecule has 0 aromatic heterocycles. The molecule has 0 aliphatic carbocycles. The first-order chi connectivity index (χ1) is 11.5. The third kappa shape index (κ3) is 4.81. The summed E-state index contributed by atoms with van der Waals surface area (Å²) in [6.45, 7) is 3.82. The van der Waals surface area contributed by atoms with Crippen molar-refractivity contribution in [1.29, 1.82) is 0 Å². The van der Waals surface area contributed by atoms with E-state index in [-0.39, 0.29) is 12.4 Å². The number of carbonyl (C=O) groups is 1. The Morgan fingerprint density at radius 1 is 1.21 bits per heavy atom. The molecule has 126 valence electrons. The molecule has 0 atom stereocenters. The highest BCUT2D eigenvalue weighted by Gasteiger charge is 2.04. The second kappa shape index (κ2) is 8.10. The van der Waals surface area contributed by atoms with Crippen LogP contribution >= 0.6 is 0 Å².